The van der Waals surface area contributed by atoms with Gasteiger partial charge in [0.25, 0.3) is 0 Å². The van der Waals surface area contributed by atoms with Gasteiger partial charge in [-0.3, -0.25) is 24.0 Å². The molecule has 1 unspecified atom stereocenters. The molecule has 55 atom stereocenters. The number of aliphatic hydroxyl groups excluding tert-OH is 29. The molecule has 60 heteroatoms. The largest absolute Gasteiger partial charge is 0.394 e. The Kier molecular flexibility index (Phi) is 40.1. The molecule has 136 heavy (non-hydrogen) atoms. The fourth-order valence-corrected chi connectivity index (χ4v) is 17.8. The third-order valence-corrected chi connectivity index (χ3v) is 25.0. The van der Waals surface area contributed by atoms with Gasteiger partial charge in [0.1, 0.15) is 262 Å². The van der Waals surface area contributed by atoms with Gasteiger partial charge in [-0.2, -0.15) is 0 Å². The van der Waals surface area contributed by atoms with Crippen molar-refractivity contribution in [1.29, 1.82) is 0 Å². The molecule has 786 valence electrons. The summed E-state index contributed by atoms with van der Waals surface area (Å²) >= 11 is 0. The first-order valence-corrected chi connectivity index (χ1v) is 43.5. The van der Waals surface area contributed by atoms with Crippen molar-refractivity contribution in [2.75, 3.05) is 66.1 Å². The first-order valence-electron chi connectivity index (χ1n) is 43.5. The van der Waals surface area contributed by atoms with E-state index in [0.717, 1.165) is 34.6 Å². The molecule has 0 aliphatic carbocycles. The average molecular weight is 1990 g/mol. The van der Waals surface area contributed by atoms with Crippen molar-refractivity contribution in [2.45, 2.75) is 379 Å². The Labute approximate surface area is 770 Å². The molecule has 11 heterocycles. The lowest BCUT2D eigenvalue weighted by Crippen LogP contribution is -2.72. The van der Waals surface area contributed by atoms with Gasteiger partial charge in [0.2, 0.25) is 29.5 Å². The molecule has 11 fully saturated rings. The van der Waals surface area contributed by atoms with Gasteiger partial charge >= 0.3 is 0 Å². The minimum atomic E-state index is -2.82. The molecule has 60 nitrogen and oxygen atoms in total. The number of rotatable bonds is 35. The predicted molar refractivity (Wildman–Crippen MR) is 419 cm³/mol. The van der Waals surface area contributed by atoms with Crippen molar-refractivity contribution in [3.63, 3.8) is 0 Å². The van der Waals surface area contributed by atoms with Crippen LogP contribution in [0.5, 0.6) is 0 Å². The van der Waals surface area contributed by atoms with E-state index < -0.39 is 433 Å². The Bertz CT molecular complexity index is 3760. The topological polar surface area (TPSA) is 926 Å². The Morgan fingerprint density at radius 3 is 0.816 bits per heavy atom. The summed E-state index contributed by atoms with van der Waals surface area (Å²) in [6, 6.07) is -10.0. The summed E-state index contributed by atoms with van der Waals surface area (Å²) in [7, 11) is 0. The van der Waals surface area contributed by atoms with Crippen molar-refractivity contribution in [3.8, 4) is 0 Å². The smallest absolute Gasteiger partial charge is 0.217 e. The average Bonchev–Trinajstić information content (AvgIpc) is 0.753. The van der Waals surface area contributed by atoms with Crippen LogP contribution in [0.4, 0.5) is 0 Å². The zero-order valence-corrected chi connectivity index (χ0v) is 73.4. The Morgan fingerprint density at radius 2 is 0.441 bits per heavy atom. The summed E-state index contributed by atoms with van der Waals surface area (Å²) in [6.07, 6.45) is -109. The fraction of sp³-hybridized carbons (Fsp3) is 0.934. The van der Waals surface area contributed by atoms with Crippen LogP contribution in [0.3, 0.4) is 0 Å². The molecule has 0 radical (unpaired) electrons. The van der Waals surface area contributed by atoms with Gasteiger partial charge in [0.05, 0.1) is 72.2 Å². The fourth-order valence-electron chi connectivity index (χ4n) is 17.8. The SMILES string of the molecule is CC(=O)N[C@H]1[C@H](O[C@H]2[C@H](O)[C@@H](NC(C)=O)C(O)O[C@@H]2CO)O[C@H](CO)[C@@H](O[C@@H]2O[C@H](CO[C@H]3O[C@H](CO)[C@@H](O)[C@H](O)[C@@H]3O[C@@H]3O[C@H](CO)[C@@H](O[C@@H]4O[C@H](CO)[C@H](O)[C@H](O)[C@H]4O)[C@H](O)[C@H]3NC(C)=O)[C@@H](O[C@@H]3O[C@H](CO)[C@@H](O)[C@H](O)[C@H]3NC(C)=O)[C@H](O[C@H]3O[C@H](CO)[C@@H](O)[C@H](O)[C@@H]3O[C@@H]3O[C@H](CO)[C@@H](O[C@@H]4O[C@H](CO)[C@H](O)[C@H](O)[C@H]4O[C@@H]4O[C@@H](C)[C@@H](O)[C@@H](O)[C@@H]4O)[C@H](O)[C@H]3NC(C)=O)[C@@H]2O)[C@@H]1O. The molecule has 0 bridgehead atoms. The second-order valence-corrected chi connectivity index (χ2v) is 34.5. The molecule has 0 aromatic rings. The summed E-state index contributed by atoms with van der Waals surface area (Å²) in [5.41, 5.74) is 0. The number of aliphatic hydroxyl groups is 29. The Morgan fingerprint density at radius 1 is 0.206 bits per heavy atom. The molecular formula is C76H127N5O55. The quantitative estimate of drug-likeness (QED) is 0.0280. The Hall–Kier alpha value is -4.65. The highest BCUT2D eigenvalue weighted by Gasteiger charge is 2.64. The number of hydrogen-bond acceptors (Lipinski definition) is 55. The van der Waals surface area contributed by atoms with Gasteiger partial charge in [-0.05, 0) is 6.92 Å². The molecular weight excluding hydrogens is 1860 g/mol. The van der Waals surface area contributed by atoms with Gasteiger partial charge in [-0.15, -0.1) is 0 Å². The molecule has 11 rings (SSSR count). The van der Waals surface area contributed by atoms with E-state index in [-0.39, 0.29) is 0 Å². The van der Waals surface area contributed by atoms with Crippen LogP contribution >= 0.6 is 0 Å². The van der Waals surface area contributed by atoms with E-state index >= 15 is 0 Å². The number of amides is 5. The molecule has 11 aliphatic rings. The predicted octanol–water partition coefficient (Wildman–Crippen LogP) is -23.2. The van der Waals surface area contributed by atoms with Gasteiger partial charge in [0, 0.05) is 34.6 Å². The number of carbonyl (C=O) groups excluding carboxylic acids is 5. The maximum atomic E-state index is 13.5. The highest BCUT2D eigenvalue weighted by molar-refractivity contribution is 5.75. The lowest BCUT2D eigenvalue weighted by atomic mass is 9.93. The molecule has 34 N–H and O–H groups in total. The van der Waals surface area contributed by atoms with E-state index in [0.29, 0.717) is 0 Å². The highest BCUT2D eigenvalue weighted by atomic mass is 16.8. The number of hydrogen-bond donors (Lipinski definition) is 34. The highest BCUT2D eigenvalue weighted by Crippen LogP contribution is 2.43. The first kappa shape index (κ1) is 112. The third-order valence-electron chi connectivity index (χ3n) is 25.0. The van der Waals surface area contributed by atoms with E-state index in [2.05, 4.69) is 26.6 Å². The van der Waals surface area contributed by atoms with Crippen molar-refractivity contribution in [1.82, 2.24) is 26.6 Å². The summed E-state index contributed by atoms with van der Waals surface area (Å²) in [4.78, 5) is 65.5. The van der Waals surface area contributed by atoms with Gasteiger partial charge in [0.15, 0.2) is 69.2 Å². The minimum absolute atomic E-state index is 0.835. The van der Waals surface area contributed by atoms with Crippen LogP contribution in [0.2, 0.25) is 0 Å². The van der Waals surface area contributed by atoms with Crippen molar-refractivity contribution in [3.05, 3.63) is 0 Å². The van der Waals surface area contributed by atoms with Crippen molar-refractivity contribution >= 4 is 29.5 Å². The summed E-state index contributed by atoms with van der Waals surface area (Å²) < 4.78 is 128. The second-order valence-electron chi connectivity index (χ2n) is 34.5. The van der Waals surface area contributed by atoms with Crippen LogP contribution < -0.4 is 26.6 Å². The third kappa shape index (κ3) is 24.6. The lowest BCUT2D eigenvalue weighted by molar-refractivity contribution is -0.410. The van der Waals surface area contributed by atoms with Crippen molar-refractivity contribution in [2.24, 2.45) is 0 Å². The molecule has 11 saturated heterocycles. The van der Waals surface area contributed by atoms with E-state index in [1.807, 2.05) is 0 Å². The van der Waals surface area contributed by atoms with E-state index in [9.17, 15) is 172 Å². The van der Waals surface area contributed by atoms with E-state index in [1.165, 1.54) is 6.92 Å². The lowest BCUT2D eigenvalue weighted by Gasteiger charge is -2.52. The second kappa shape index (κ2) is 48.8. The maximum absolute atomic E-state index is 13.5. The molecule has 0 aromatic heterocycles. The summed E-state index contributed by atoms with van der Waals surface area (Å²) in [6.45, 7) is -6.27. The van der Waals surface area contributed by atoms with E-state index in [1.54, 1.807) is 0 Å². The maximum Gasteiger partial charge on any atom is 0.217 e. The van der Waals surface area contributed by atoms with Crippen LogP contribution in [-0.4, -0.2) is 581 Å². The molecule has 0 spiro atoms. The monoisotopic (exact) mass is 1990 g/mol. The van der Waals surface area contributed by atoms with Crippen LogP contribution in [0.1, 0.15) is 41.5 Å². The van der Waals surface area contributed by atoms with Crippen LogP contribution in [0.25, 0.3) is 0 Å². The standard InChI is InChI=1S/C76H127N5O55/c1-17-38(96)49(107)54(112)71(117-17)136-65-53(111)43(101)26(10-85)122-75(65)131-60-31(15-90)126-70(37(48(60)106)81-22(6)95)135-64-52(110)42(100)27(11-86)123-76(64)133-62-56(114)73(130-59-30(14-89)124-68(35(46(59)104)79-20(4)93)128-57-28(12-87)118-66(115)33(45(57)103)77-18(2)91)127-32(61(62)132-67-34(78-19(3)92)44(102)39(97)23(7-82)119-67)16-116-74-63(51(109)41(99)25(9-84)121-74)134-69-36(80-21(5)94)47(105)58(29(13-88)125-69)129-72-55(113)50(108)40(98)24(8-83)120-72/h17,23-76,82-90,96-115H,7-16H2,1-6H3,(H,77,91)(H,78,92)(H,79,93)(H,80,94)(H,81,95)/t17-,23+,24+,25+,26+,27+,28+,29+,30+,31+,32+,33+,34+,35+,36+,37+,38+,39+,40-,41+,42+,43-,44+,45+,46+,47+,48+,49+,50-,51-,52-,53-,54-,55+,56-,57+,58+,59+,60+,61+,62+,63-,64-,65+,66?,67-,68-,69-,70-,71-,72-,73-,74-,75-,76+/m0/s1. The van der Waals surface area contributed by atoms with Gasteiger partial charge in [-0.25, -0.2) is 0 Å². The zero-order valence-electron chi connectivity index (χ0n) is 73.4. The van der Waals surface area contributed by atoms with Crippen LogP contribution in [-0.2, 0) is 123 Å². The Balaban J connectivity index is 1.01. The molecule has 11 aliphatic heterocycles. The normalized spacial score (nSPS) is 49.2. The number of ether oxygens (including phenoxy) is 21. The van der Waals surface area contributed by atoms with Gasteiger partial charge < -0.3 is 274 Å². The zero-order chi connectivity index (χ0) is 100. The summed E-state index contributed by atoms with van der Waals surface area (Å²) in [5.74, 6) is -4.95. The first-order chi connectivity index (χ1) is 64.3. The van der Waals surface area contributed by atoms with Crippen LogP contribution in [0.15, 0.2) is 0 Å². The number of nitrogens with one attached hydrogen (secondary N) is 5. The van der Waals surface area contributed by atoms with Crippen molar-refractivity contribution < 1.29 is 272 Å². The minimum Gasteiger partial charge on any atom is -0.394 e. The molecule has 0 saturated carbocycles. The summed E-state index contributed by atoms with van der Waals surface area (Å²) in [5, 5.41) is 340. The molecule has 0 aromatic carbocycles. The van der Waals surface area contributed by atoms with E-state index in [4.69, 9.17) is 99.5 Å². The van der Waals surface area contributed by atoms with Gasteiger partial charge in [-0.1, -0.05) is 0 Å². The van der Waals surface area contributed by atoms with Crippen LogP contribution in [0, 0.1) is 0 Å². The number of carbonyl (C=O) groups is 5. The molecule has 5 amide bonds.